The lowest BCUT2D eigenvalue weighted by Crippen LogP contribution is -2.31. The Morgan fingerprint density at radius 1 is 1.22 bits per heavy atom. The zero-order valence-electron chi connectivity index (χ0n) is 13.5. The second-order valence-corrected chi connectivity index (χ2v) is 5.91. The van der Waals surface area contributed by atoms with Crippen molar-refractivity contribution in [2.45, 2.75) is 25.7 Å². The summed E-state index contributed by atoms with van der Waals surface area (Å²) in [7, 11) is 1.60. The first-order valence-electron chi connectivity index (χ1n) is 8.23. The number of benzene rings is 1. The fraction of sp³-hybridized carbons (Fsp3) is 0.500. The van der Waals surface area contributed by atoms with Crippen molar-refractivity contribution in [2.24, 2.45) is 0 Å². The Morgan fingerprint density at radius 2 is 2.04 bits per heavy atom. The van der Waals surface area contributed by atoms with Crippen LogP contribution in [-0.2, 0) is 4.74 Å². The van der Waals surface area contributed by atoms with Crippen LogP contribution in [0.5, 0.6) is 5.75 Å². The highest BCUT2D eigenvalue weighted by Gasteiger charge is 2.15. The summed E-state index contributed by atoms with van der Waals surface area (Å²) in [5, 5.41) is 0.867. The van der Waals surface area contributed by atoms with Gasteiger partial charge in [0.2, 0.25) is 5.76 Å². The van der Waals surface area contributed by atoms with Gasteiger partial charge in [-0.05, 0) is 50.6 Å². The maximum atomic E-state index is 12.1. The van der Waals surface area contributed by atoms with E-state index in [4.69, 9.17) is 13.9 Å². The average molecular weight is 317 g/mol. The number of piperidine rings is 1. The molecule has 0 saturated carbocycles. The van der Waals surface area contributed by atoms with Gasteiger partial charge < -0.3 is 18.8 Å². The van der Waals surface area contributed by atoms with E-state index in [1.54, 1.807) is 19.2 Å². The monoisotopic (exact) mass is 317 g/mol. The second kappa shape index (κ2) is 7.51. The predicted octanol–water partition coefficient (Wildman–Crippen LogP) is 3.47. The van der Waals surface area contributed by atoms with Gasteiger partial charge in [0.25, 0.3) is 0 Å². The van der Waals surface area contributed by atoms with E-state index in [2.05, 4.69) is 4.90 Å². The third kappa shape index (κ3) is 4.05. The SMILES string of the molecule is COc1ccc2cc(C(=O)OCCCN3CCCCC3)oc2c1. The van der Waals surface area contributed by atoms with Gasteiger partial charge in [0.1, 0.15) is 11.3 Å². The minimum atomic E-state index is -0.404. The molecule has 2 aromatic rings. The van der Waals surface area contributed by atoms with Crippen LogP contribution >= 0.6 is 0 Å². The molecule has 0 spiro atoms. The Bertz CT molecular complexity index is 658. The van der Waals surface area contributed by atoms with Gasteiger partial charge in [0, 0.05) is 18.0 Å². The van der Waals surface area contributed by atoms with Crippen LogP contribution in [0, 0.1) is 0 Å². The molecule has 3 rings (SSSR count). The molecule has 1 aromatic heterocycles. The van der Waals surface area contributed by atoms with Crippen molar-refractivity contribution in [1.29, 1.82) is 0 Å². The van der Waals surface area contributed by atoms with Crippen LogP contribution in [-0.4, -0.2) is 44.2 Å². The fourth-order valence-corrected chi connectivity index (χ4v) is 2.95. The summed E-state index contributed by atoms with van der Waals surface area (Å²) in [6.07, 6.45) is 4.76. The van der Waals surface area contributed by atoms with Gasteiger partial charge in [0.05, 0.1) is 13.7 Å². The zero-order valence-corrected chi connectivity index (χ0v) is 13.5. The van der Waals surface area contributed by atoms with Crippen LogP contribution in [0.25, 0.3) is 11.0 Å². The molecule has 0 atom stereocenters. The highest BCUT2D eigenvalue weighted by atomic mass is 16.5. The quantitative estimate of drug-likeness (QED) is 0.603. The topological polar surface area (TPSA) is 51.9 Å². The number of hydrogen-bond acceptors (Lipinski definition) is 5. The third-order valence-corrected chi connectivity index (χ3v) is 4.23. The van der Waals surface area contributed by atoms with Crippen molar-refractivity contribution in [3.05, 3.63) is 30.0 Å². The molecule has 1 aliphatic rings. The van der Waals surface area contributed by atoms with E-state index in [-0.39, 0.29) is 5.76 Å². The standard InChI is InChI=1S/C18H23NO4/c1-21-15-7-6-14-12-17(23-16(14)13-15)18(20)22-11-5-10-19-8-3-2-4-9-19/h6-7,12-13H,2-5,8-11H2,1H3. The number of likely N-dealkylation sites (tertiary alicyclic amines) is 1. The van der Waals surface area contributed by atoms with Gasteiger partial charge in [-0.3, -0.25) is 0 Å². The molecule has 5 nitrogen and oxygen atoms in total. The minimum Gasteiger partial charge on any atom is -0.497 e. The predicted molar refractivity (Wildman–Crippen MR) is 88.0 cm³/mol. The Hall–Kier alpha value is -2.01. The van der Waals surface area contributed by atoms with Gasteiger partial charge in [-0.25, -0.2) is 4.79 Å². The lowest BCUT2D eigenvalue weighted by Gasteiger charge is -2.26. The molecule has 1 aromatic carbocycles. The van der Waals surface area contributed by atoms with Gasteiger partial charge >= 0.3 is 5.97 Å². The number of furan rings is 1. The largest absolute Gasteiger partial charge is 0.497 e. The zero-order chi connectivity index (χ0) is 16.1. The number of nitrogens with zero attached hydrogens (tertiary/aromatic N) is 1. The van der Waals surface area contributed by atoms with Gasteiger partial charge in [-0.15, -0.1) is 0 Å². The molecule has 0 amide bonds. The van der Waals surface area contributed by atoms with Crippen molar-refractivity contribution in [1.82, 2.24) is 4.90 Å². The van der Waals surface area contributed by atoms with Crippen molar-refractivity contribution < 1.29 is 18.7 Å². The van der Waals surface area contributed by atoms with Crippen molar-refractivity contribution in [3.8, 4) is 5.75 Å². The molecule has 0 radical (unpaired) electrons. The Kier molecular flexibility index (Phi) is 5.18. The number of carbonyl (C=O) groups is 1. The number of ether oxygens (including phenoxy) is 2. The number of rotatable bonds is 6. The van der Waals surface area contributed by atoms with Gasteiger partial charge in [-0.2, -0.15) is 0 Å². The van der Waals surface area contributed by atoms with Crippen molar-refractivity contribution >= 4 is 16.9 Å². The van der Waals surface area contributed by atoms with Gasteiger partial charge in [0.15, 0.2) is 0 Å². The molecule has 0 unspecified atom stereocenters. The minimum absolute atomic E-state index is 0.242. The van der Waals surface area contributed by atoms with E-state index in [9.17, 15) is 4.79 Å². The molecule has 0 aliphatic carbocycles. The van der Waals surface area contributed by atoms with Crippen LogP contribution < -0.4 is 4.74 Å². The van der Waals surface area contributed by atoms with Crippen molar-refractivity contribution in [2.75, 3.05) is 33.4 Å². The van der Waals surface area contributed by atoms with E-state index in [0.717, 1.165) is 18.4 Å². The van der Waals surface area contributed by atoms with E-state index < -0.39 is 5.97 Å². The highest BCUT2D eigenvalue weighted by molar-refractivity contribution is 5.92. The van der Waals surface area contributed by atoms with Crippen LogP contribution in [0.3, 0.4) is 0 Å². The summed E-state index contributed by atoms with van der Waals surface area (Å²) in [6.45, 7) is 3.75. The summed E-state index contributed by atoms with van der Waals surface area (Å²) in [4.78, 5) is 14.5. The first-order valence-corrected chi connectivity index (χ1v) is 8.23. The number of hydrogen-bond donors (Lipinski definition) is 0. The van der Waals surface area contributed by atoms with E-state index in [1.165, 1.54) is 32.4 Å². The lowest BCUT2D eigenvalue weighted by molar-refractivity contribution is 0.0452. The average Bonchev–Trinajstić information content (AvgIpc) is 3.02. The molecule has 23 heavy (non-hydrogen) atoms. The van der Waals surface area contributed by atoms with Gasteiger partial charge in [-0.1, -0.05) is 6.42 Å². The normalized spacial score (nSPS) is 15.7. The Morgan fingerprint density at radius 3 is 2.83 bits per heavy atom. The summed E-state index contributed by atoms with van der Waals surface area (Å²) >= 11 is 0. The summed E-state index contributed by atoms with van der Waals surface area (Å²) in [5.41, 5.74) is 0.629. The van der Waals surface area contributed by atoms with Crippen molar-refractivity contribution in [3.63, 3.8) is 0 Å². The lowest BCUT2D eigenvalue weighted by atomic mass is 10.1. The summed E-state index contributed by atoms with van der Waals surface area (Å²) in [6, 6.07) is 7.18. The number of esters is 1. The molecule has 1 aliphatic heterocycles. The van der Waals surface area contributed by atoms with E-state index >= 15 is 0 Å². The summed E-state index contributed by atoms with van der Waals surface area (Å²) in [5.74, 6) is 0.540. The molecular weight excluding hydrogens is 294 g/mol. The molecule has 0 N–H and O–H groups in total. The van der Waals surface area contributed by atoms with E-state index in [1.807, 2.05) is 12.1 Å². The molecule has 2 heterocycles. The maximum absolute atomic E-state index is 12.1. The maximum Gasteiger partial charge on any atom is 0.374 e. The first kappa shape index (κ1) is 15.9. The van der Waals surface area contributed by atoms with Crippen LogP contribution in [0.1, 0.15) is 36.2 Å². The van der Waals surface area contributed by atoms with Crippen LogP contribution in [0.4, 0.5) is 0 Å². The molecular formula is C18H23NO4. The Labute approximate surface area is 136 Å². The molecule has 124 valence electrons. The number of fused-ring (bicyclic) bond motifs is 1. The molecule has 1 saturated heterocycles. The highest BCUT2D eigenvalue weighted by Crippen LogP contribution is 2.24. The van der Waals surface area contributed by atoms with Crippen LogP contribution in [0.15, 0.2) is 28.7 Å². The summed E-state index contributed by atoms with van der Waals surface area (Å²) < 4.78 is 16.0. The molecule has 0 bridgehead atoms. The van der Waals surface area contributed by atoms with Crippen LogP contribution in [0.2, 0.25) is 0 Å². The second-order valence-electron chi connectivity index (χ2n) is 5.91. The smallest absolute Gasteiger partial charge is 0.374 e. The third-order valence-electron chi connectivity index (χ3n) is 4.23. The Balaban J connectivity index is 1.49. The number of methoxy groups -OCH3 is 1. The first-order chi connectivity index (χ1) is 11.3. The molecule has 1 fully saturated rings. The number of carbonyl (C=O) groups excluding carboxylic acids is 1. The van der Waals surface area contributed by atoms with E-state index in [0.29, 0.717) is 17.9 Å². The fourth-order valence-electron chi connectivity index (χ4n) is 2.95. The molecule has 5 heteroatoms.